The highest BCUT2D eigenvalue weighted by Crippen LogP contribution is 2.30. The fraction of sp³-hybridized carbons (Fsp3) is 0.385. The lowest BCUT2D eigenvalue weighted by Gasteiger charge is -2.42. The van der Waals surface area contributed by atoms with Gasteiger partial charge in [0.05, 0.1) is 36.4 Å². The van der Waals surface area contributed by atoms with Crippen molar-refractivity contribution in [3.05, 3.63) is 29.3 Å². The van der Waals surface area contributed by atoms with E-state index >= 15 is 0 Å². The molecule has 2 aliphatic rings. The van der Waals surface area contributed by atoms with Crippen LogP contribution in [-0.4, -0.2) is 42.6 Å². The minimum atomic E-state index is -0.308. The molecule has 0 N–H and O–H groups in total. The smallest absolute Gasteiger partial charge is 0.331 e. The predicted octanol–water partition coefficient (Wildman–Crippen LogP) is 1.90. The van der Waals surface area contributed by atoms with E-state index in [1.165, 1.54) is 4.90 Å². The number of halogens is 1. The highest BCUT2D eigenvalue weighted by Gasteiger charge is 2.41. The number of urea groups is 1. The van der Waals surface area contributed by atoms with Gasteiger partial charge in [-0.25, -0.2) is 9.69 Å². The number of hydrogen-bond donors (Lipinski definition) is 0. The first-order valence-corrected chi connectivity index (χ1v) is 6.52. The van der Waals surface area contributed by atoms with Gasteiger partial charge in [0.25, 0.3) is 0 Å². The highest BCUT2D eigenvalue weighted by atomic mass is 35.5. The van der Waals surface area contributed by atoms with Crippen molar-refractivity contribution >= 4 is 29.2 Å². The van der Waals surface area contributed by atoms with Crippen LogP contribution in [0.1, 0.15) is 6.42 Å². The monoisotopic (exact) mass is 280 g/mol. The fourth-order valence-corrected chi connectivity index (χ4v) is 2.69. The molecular weight excluding hydrogens is 268 g/mol. The molecule has 2 saturated heterocycles. The van der Waals surface area contributed by atoms with E-state index in [-0.39, 0.29) is 24.4 Å². The second-order valence-corrected chi connectivity index (χ2v) is 5.00. The molecule has 1 unspecified atom stereocenters. The number of carbonyl (C=O) groups excluding carboxylic acids is 2. The van der Waals surface area contributed by atoms with E-state index in [1.807, 2.05) is 0 Å². The topological polar surface area (TPSA) is 49.9 Å². The Morgan fingerprint density at radius 1 is 1.26 bits per heavy atom. The van der Waals surface area contributed by atoms with E-state index in [0.717, 1.165) is 0 Å². The van der Waals surface area contributed by atoms with Gasteiger partial charge in [0.15, 0.2) is 0 Å². The number of carbonyl (C=O) groups is 2. The molecule has 2 aliphatic heterocycles. The molecule has 2 fully saturated rings. The molecule has 0 saturated carbocycles. The van der Waals surface area contributed by atoms with Crippen LogP contribution in [0.4, 0.5) is 10.5 Å². The van der Waals surface area contributed by atoms with E-state index in [0.29, 0.717) is 30.5 Å². The van der Waals surface area contributed by atoms with Crippen molar-refractivity contribution in [2.75, 3.05) is 24.7 Å². The molecule has 5 nitrogen and oxygen atoms in total. The maximum Gasteiger partial charge on any atom is 0.331 e. The molecule has 1 aromatic rings. The molecule has 1 aromatic carbocycles. The largest absolute Gasteiger partial charge is 0.377 e. The lowest BCUT2D eigenvalue weighted by atomic mass is 10.1. The lowest BCUT2D eigenvalue weighted by Crippen LogP contribution is -2.61. The van der Waals surface area contributed by atoms with Crippen molar-refractivity contribution in [1.29, 1.82) is 0 Å². The quantitative estimate of drug-likeness (QED) is 0.789. The average Bonchev–Trinajstić information content (AvgIpc) is 2.41. The minimum absolute atomic E-state index is 0.146. The SMILES string of the molecule is O=C1CC2COCCN2C(=O)N1c1ccccc1Cl. The van der Waals surface area contributed by atoms with Gasteiger partial charge >= 0.3 is 6.03 Å². The molecule has 2 heterocycles. The Bertz CT molecular complexity index is 534. The third-order valence-corrected chi connectivity index (χ3v) is 3.74. The summed E-state index contributed by atoms with van der Waals surface area (Å²) in [6.07, 6.45) is 0.275. The maximum absolute atomic E-state index is 12.4. The number of imide groups is 1. The first-order valence-electron chi connectivity index (χ1n) is 6.14. The Morgan fingerprint density at radius 3 is 2.84 bits per heavy atom. The molecular formula is C13H13ClN2O3. The summed E-state index contributed by atoms with van der Waals surface area (Å²) in [7, 11) is 0. The van der Waals surface area contributed by atoms with Gasteiger partial charge in [0.2, 0.25) is 5.91 Å². The van der Waals surface area contributed by atoms with E-state index in [1.54, 1.807) is 29.2 Å². The van der Waals surface area contributed by atoms with Crippen LogP contribution in [-0.2, 0) is 9.53 Å². The van der Waals surface area contributed by atoms with Crippen LogP contribution in [0, 0.1) is 0 Å². The normalized spacial score (nSPS) is 23.5. The standard InChI is InChI=1S/C13H13ClN2O3/c14-10-3-1-2-4-11(10)16-12(17)7-9-8-19-6-5-15(9)13(16)18/h1-4,9H,5-8H2. The summed E-state index contributed by atoms with van der Waals surface area (Å²) in [6.45, 7) is 1.44. The molecule has 0 radical (unpaired) electrons. The van der Waals surface area contributed by atoms with Crippen LogP contribution >= 0.6 is 11.6 Å². The van der Waals surface area contributed by atoms with Crippen molar-refractivity contribution in [2.45, 2.75) is 12.5 Å². The summed E-state index contributed by atoms with van der Waals surface area (Å²) in [6, 6.07) is 6.42. The Labute approximate surface area is 115 Å². The van der Waals surface area contributed by atoms with Gasteiger partial charge in [-0.05, 0) is 12.1 Å². The molecule has 3 amide bonds. The molecule has 0 bridgehead atoms. The molecule has 100 valence electrons. The first-order chi connectivity index (χ1) is 9.18. The zero-order valence-electron chi connectivity index (χ0n) is 10.2. The molecule has 19 heavy (non-hydrogen) atoms. The summed E-state index contributed by atoms with van der Waals surface area (Å²) in [5.74, 6) is -0.232. The number of nitrogens with zero attached hydrogens (tertiary/aromatic N) is 2. The number of morpholine rings is 1. The van der Waals surface area contributed by atoms with Crippen LogP contribution in [0.15, 0.2) is 24.3 Å². The zero-order valence-corrected chi connectivity index (χ0v) is 11.0. The molecule has 0 aliphatic carbocycles. The summed E-state index contributed by atoms with van der Waals surface area (Å²) >= 11 is 6.07. The third-order valence-electron chi connectivity index (χ3n) is 3.42. The van der Waals surface area contributed by atoms with Crippen LogP contribution in [0.3, 0.4) is 0 Å². The van der Waals surface area contributed by atoms with Gasteiger partial charge in [0, 0.05) is 6.54 Å². The number of rotatable bonds is 1. The Balaban J connectivity index is 1.95. The lowest BCUT2D eigenvalue weighted by molar-refractivity contribution is -0.122. The van der Waals surface area contributed by atoms with Gasteiger partial charge in [0.1, 0.15) is 0 Å². The summed E-state index contributed by atoms with van der Waals surface area (Å²) in [4.78, 5) is 27.5. The number of fused-ring (bicyclic) bond motifs is 1. The average molecular weight is 281 g/mol. The number of hydrogen-bond acceptors (Lipinski definition) is 3. The second kappa shape index (κ2) is 4.83. The molecule has 0 aromatic heterocycles. The predicted molar refractivity (Wildman–Crippen MR) is 70.3 cm³/mol. The minimum Gasteiger partial charge on any atom is -0.377 e. The van der Waals surface area contributed by atoms with Crippen molar-refractivity contribution < 1.29 is 14.3 Å². The number of benzene rings is 1. The van der Waals surface area contributed by atoms with Gasteiger partial charge in [-0.1, -0.05) is 23.7 Å². The maximum atomic E-state index is 12.4. The Kier molecular flexibility index (Phi) is 3.16. The van der Waals surface area contributed by atoms with Crippen molar-refractivity contribution in [3.63, 3.8) is 0 Å². The molecule has 6 heteroatoms. The molecule has 0 spiro atoms. The van der Waals surface area contributed by atoms with Crippen molar-refractivity contribution in [1.82, 2.24) is 4.90 Å². The molecule has 3 rings (SSSR count). The first kappa shape index (κ1) is 12.4. The number of para-hydroxylation sites is 1. The second-order valence-electron chi connectivity index (χ2n) is 4.59. The van der Waals surface area contributed by atoms with Gasteiger partial charge < -0.3 is 9.64 Å². The zero-order chi connectivity index (χ0) is 13.4. The van der Waals surface area contributed by atoms with Crippen molar-refractivity contribution in [2.24, 2.45) is 0 Å². The van der Waals surface area contributed by atoms with Crippen molar-refractivity contribution in [3.8, 4) is 0 Å². The number of amides is 3. The highest BCUT2D eigenvalue weighted by molar-refractivity contribution is 6.35. The van der Waals surface area contributed by atoms with E-state index in [4.69, 9.17) is 16.3 Å². The fourth-order valence-electron chi connectivity index (χ4n) is 2.47. The van der Waals surface area contributed by atoms with Gasteiger partial charge in [-0.3, -0.25) is 4.79 Å². The van der Waals surface area contributed by atoms with E-state index < -0.39 is 0 Å². The van der Waals surface area contributed by atoms with Gasteiger partial charge in [-0.15, -0.1) is 0 Å². The third kappa shape index (κ3) is 2.09. The van der Waals surface area contributed by atoms with Gasteiger partial charge in [-0.2, -0.15) is 0 Å². The molecule has 1 atom stereocenters. The van der Waals surface area contributed by atoms with E-state index in [9.17, 15) is 9.59 Å². The van der Waals surface area contributed by atoms with Crippen LogP contribution in [0.5, 0.6) is 0 Å². The van der Waals surface area contributed by atoms with Crippen LogP contribution < -0.4 is 4.90 Å². The van der Waals surface area contributed by atoms with Crippen LogP contribution in [0.25, 0.3) is 0 Å². The Hall–Kier alpha value is -1.59. The summed E-state index contributed by atoms with van der Waals surface area (Å²) < 4.78 is 5.31. The summed E-state index contributed by atoms with van der Waals surface area (Å²) in [5, 5.41) is 0.399. The van der Waals surface area contributed by atoms with Crippen LogP contribution in [0.2, 0.25) is 5.02 Å². The number of anilines is 1. The van der Waals surface area contributed by atoms with E-state index in [2.05, 4.69) is 0 Å². The summed E-state index contributed by atoms with van der Waals surface area (Å²) in [5.41, 5.74) is 0.448. The number of ether oxygens (including phenoxy) is 1. The Morgan fingerprint density at radius 2 is 2.05 bits per heavy atom.